The average Bonchev–Trinajstić information content (AvgIpc) is 2.27. The number of carbonyl (C=O) groups excluding carboxylic acids is 1. The van der Waals surface area contributed by atoms with Crippen molar-refractivity contribution in [2.75, 3.05) is 20.0 Å². The van der Waals surface area contributed by atoms with Crippen molar-refractivity contribution in [2.45, 2.75) is 26.4 Å². The van der Waals surface area contributed by atoms with E-state index >= 15 is 0 Å². The van der Waals surface area contributed by atoms with Gasteiger partial charge in [-0.1, -0.05) is 0 Å². The molecule has 1 aromatic rings. The number of benzene rings is 1. The highest BCUT2D eigenvalue weighted by Crippen LogP contribution is 2.32. The highest BCUT2D eigenvalue weighted by molar-refractivity contribution is 5.97. The number of hydrogen-bond acceptors (Lipinski definition) is 5. The molecule has 1 aromatic carbocycles. The minimum Gasteiger partial charge on any atom is -0.497 e. The number of hydrogen-bond donors (Lipinski definition) is 1. The highest BCUT2D eigenvalue weighted by Gasteiger charge is 2.22. The molecule has 0 spiro atoms. The zero-order chi connectivity index (χ0) is 13.9. The molecule has 0 heterocycles. The molecule has 1 rings (SSSR count). The fourth-order valence-corrected chi connectivity index (χ4v) is 1.39. The Kier molecular flexibility index (Phi) is 4.06. The number of carbonyl (C=O) groups is 1. The normalized spacial score (nSPS) is 10.9. The molecule has 100 valence electrons. The maximum Gasteiger partial charge on any atom is 0.341 e. The lowest BCUT2D eigenvalue weighted by molar-refractivity contribution is 0.00702. The number of nitrogens with two attached hydrogens (primary N) is 1. The third kappa shape index (κ3) is 3.29. The maximum absolute atomic E-state index is 12.0. The Morgan fingerprint density at radius 1 is 1.17 bits per heavy atom. The quantitative estimate of drug-likeness (QED) is 0.660. The average molecular weight is 253 g/mol. The topological polar surface area (TPSA) is 70.8 Å². The number of methoxy groups -OCH3 is 2. The maximum atomic E-state index is 12.0. The first kappa shape index (κ1) is 14.2. The summed E-state index contributed by atoms with van der Waals surface area (Å²) < 4.78 is 15.5. The van der Waals surface area contributed by atoms with Crippen LogP contribution in [0.3, 0.4) is 0 Å². The fraction of sp³-hybridized carbons (Fsp3) is 0.462. The van der Waals surface area contributed by atoms with E-state index in [2.05, 4.69) is 0 Å². The molecule has 0 aliphatic rings. The van der Waals surface area contributed by atoms with E-state index < -0.39 is 11.6 Å². The number of rotatable bonds is 3. The van der Waals surface area contributed by atoms with Gasteiger partial charge in [0.15, 0.2) is 0 Å². The molecule has 0 amide bonds. The highest BCUT2D eigenvalue weighted by atomic mass is 16.6. The first-order chi connectivity index (χ1) is 8.28. The predicted octanol–water partition coefficient (Wildman–Crippen LogP) is 2.24. The van der Waals surface area contributed by atoms with Gasteiger partial charge < -0.3 is 19.9 Å². The van der Waals surface area contributed by atoms with E-state index in [1.54, 1.807) is 26.8 Å². The number of nitrogen functional groups attached to an aromatic ring is 1. The van der Waals surface area contributed by atoms with Crippen molar-refractivity contribution < 1.29 is 19.0 Å². The van der Waals surface area contributed by atoms with Crippen LogP contribution in [0.25, 0.3) is 0 Å². The second-order valence-electron chi connectivity index (χ2n) is 4.79. The van der Waals surface area contributed by atoms with E-state index in [-0.39, 0.29) is 11.3 Å². The molecule has 0 saturated heterocycles. The van der Waals surface area contributed by atoms with Gasteiger partial charge in [0.2, 0.25) is 0 Å². The molecule has 0 unspecified atom stereocenters. The van der Waals surface area contributed by atoms with Crippen molar-refractivity contribution in [2.24, 2.45) is 0 Å². The van der Waals surface area contributed by atoms with E-state index in [1.807, 2.05) is 0 Å². The van der Waals surface area contributed by atoms with Gasteiger partial charge in [-0.25, -0.2) is 4.79 Å². The molecule has 2 N–H and O–H groups in total. The largest absolute Gasteiger partial charge is 0.497 e. The van der Waals surface area contributed by atoms with Crippen molar-refractivity contribution >= 4 is 11.7 Å². The number of ether oxygens (including phenoxy) is 3. The summed E-state index contributed by atoms with van der Waals surface area (Å²) in [7, 11) is 2.98. The smallest absolute Gasteiger partial charge is 0.341 e. The molecular weight excluding hydrogens is 234 g/mol. The molecule has 0 aliphatic carbocycles. The Bertz CT molecular complexity index is 449. The van der Waals surface area contributed by atoms with Crippen LogP contribution in [0.5, 0.6) is 11.5 Å². The van der Waals surface area contributed by atoms with Crippen molar-refractivity contribution in [1.82, 2.24) is 0 Å². The lowest BCUT2D eigenvalue weighted by Crippen LogP contribution is -2.24. The summed E-state index contributed by atoms with van der Waals surface area (Å²) in [5.41, 5.74) is 5.75. The molecule has 0 saturated carbocycles. The van der Waals surface area contributed by atoms with Crippen LogP contribution < -0.4 is 15.2 Å². The van der Waals surface area contributed by atoms with Crippen LogP contribution in [-0.4, -0.2) is 25.8 Å². The zero-order valence-electron chi connectivity index (χ0n) is 11.4. The number of anilines is 1. The second-order valence-corrected chi connectivity index (χ2v) is 4.79. The Balaban J connectivity index is 3.18. The standard InChI is InChI=1S/C13H19NO4/c1-13(2,3)18-12(15)9-6-8(16-4)7-10(17-5)11(9)14/h6-7H,14H2,1-5H3. The van der Waals surface area contributed by atoms with Gasteiger partial charge in [-0.15, -0.1) is 0 Å². The Labute approximate surface area is 107 Å². The molecule has 0 atom stereocenters. The van der Waals surface area contributed by atoms with Crippen molar-refractivity contribution in [3.05, 3.63) is 17.7 Å². The van der Waals surface area contributed by atoms with E-state index in [0.717, 1.165) is 0 Å². The molecule has 0 radical (unpaired) electrons. The summed E-state index contributed by atoms with van der Waals surface area (Å²) >= 11 is 0. The predicted molar refractivity (Wildman–Crippen MR) is 69.1 cm³/mol. The summed E-state index contributed by atoms with van der Waals surface area (Å²) in [5, 5.41) is 0. The van der Waals surface area contributed by atoms with E-state index in [0.29, 0.717) is 11.5 Å². The summed E-state index contributed by atoms with van der Waals surface area (Å²) in [4.78, 5) is 12.0. The Hall–Kier alpha value is -1.91. The van der Waals surface area contributed by atoms with Gasteiger partial charge >= 0.3 is 5.97 Å². The Morgan fingerprint density at radius 2 is 1.78 bits per heavy atom. The lowest BCUT2D eigenvalue weighted by atomic mass is 10.1. The van der Waals surface area contributed by atoms with Gasteiger partial charge in [-0.05, 0) is 26.8 Å². The molecule has 0 bridgehead atoms. The van der Waals surface area contributed by atoms with Crippen LogP contribution >= 0.6 is 0 Å². The Morgan fingerprint density at radius 3 is 2.22 bits per heavy atom. The first-order valence-electron chi connectivity index (χ1n) is 5.53. The van der Waals surface area contributed by atoms with Gasteiger partial charge in [-0.2, -0.15) is 0 Å². The summed E-state index contributed by atoms with van der Waals surface area (Å²) in [6.45, 7) is 5.37. The molecular formula is C13H19NO4. The van der Waals surface area contributed by atoms with Crippen LogP contribution in [0.15, 0.2) is 12.1 Å². The zero-order valence-corrected chi connectivity index (χ0v) is 11.4. The van der Waals surface area contributed by atoms with Gasteiger partial charge in [0, 0.05) is 6.07 Å². The summed E-state index contributed by atoms with van der Waals surface area (Å²) in [6, 6.07) is 3.15. The van der Waals surface area contributed by atoms with Crippen LogP contribution in [0, 0.1) is 0 Å². The van der Waals surface area contributed by atoms with Crippen LogP contribution in [0.4, 0.5) is 5.69 Å². The van der Waals surface area contributed by atoms with Gasteiger partial charge in [-0.3, -0.25) is 0 Å². The first-order valence-corrected chi connectivity index (χ1v) is 5.53. The van der Waals surface area contributed by atoms with E-state index in [4.69, 9.17) is 19.9 Å². The van der Waals surface area contributed by atoms with E-state index in [1.165, 1.54) is 20.3 Å². The summed E-state index contributed by atoms with van der Waals surface area (Å²) in [6.07, 6.45) is 0. The fourth-order valence-electron chi connectivity index (χ4n) is 1.39. The van der Waals surface area contributed by atoms with Crippen LogP contribution in [-0.2, 0) is 4.74 Å². The molecule has 18 heavy (non-hydrogen) atoms. The third-order valence-electron chi connectivity index (χ3n) is 2.19. The molecule has 5 heteroatoms. The monoisotopic (exact) mass is 253 g/mol. The van der Waals surface area contributed by atoms with Crippen LogP contribution in [0.2, 0.25) is 0 Å². The van der Waals surface area contributed by atoms with Gasteiger partial charge in [0.25, 0.3) is 0 Å². The van der Waals surface area contributed by atoms with Crippen molar-refractivity contribution in [3.8, 4) is 11.5 Å². The van der Waals surface area contributed by atoms with Crippen molar-refractivity contribution in [1.29, 1.82) is 0 Å². The third-order valence-corrected chi connectivity index (χ3v) is 2.19. The molecule has 0 fully saturated rings. The van der Waals surface area contributed by atoms with Gasteiger partial charge in [0.1, 0.15) is 17.1 Å². The lowest BCUT2D eigenvalue weighted by Gasteiger charge is -2.20. The SMILES string of the molecule is COc1cc(OC)c(N)c(C(=O)OC(C)(C)C)c1. The molecule has 0 aliphatic heterocycles. The second kappa shape index (κ2) is 5.16. The molecule has 0 aromatic heterocycles. The number of esters is 1. The summed E-state index contributed by atoms with van der Waals surface area (Å²) in [5.74, 6) is 0.370. The molecule has 5 nitrogen and oxygen atoms in total. The minimum absolute atomic E-state index is 0.237. The minimum atomic E-state index is -0.583. The van der Waals surface area contributed by atoms with E-state index in [9.17, 15) is 4.79 Å². The van der Waals surface area contributed by atoms with Gasteiger partial charge in [0.05, 0.1) is 25.5 Å². The van der Waals surface area contributed by atoms with Crippen LogP contribution in [0.1, 0.15) is 31.1 Å². The van der Waals surface area contributed by atoms with Crippen molar-refractivity contribution in [3.63, 3.8) is 0 Å².